The zero-order valence-corrected chi connectivity index (χ0v) is 12.2. The first-order valence-electron chi connectivity index (χ1n) is 6.85. The lowest BCUT2D eigenvalue weighted by atomic mass is 10.1. The van der Waals surface area contributed by atoms with Crippen LogP contribution in [0.25, 0.3) is 11.3 Å². The molecular formula is C15H20N4O. The summed E-state index contributed by atoms with van der Waals surface area (Å²) in [5.74, 6) is 1.50. The van der Waals surface area contributed by atoms with Gasteiger partial charge >= 0.3 is 0 Å². The molecule has 0 atom stereocenters. The first-order valence-corrected chi connectivity index (χ1v) is 6.85. The second-order valence-corrected chi connectivity index (χ2v) is 4.41. The molecule has 0 unspecified atom stereocenters. The van der Waals surface area contributed by atoms with Crippen LogP contribution in [0.15, 0.2) is 24.5 Å². The fraction of sp³-hybridized carbons (Fsp3) is 0.400. The number of nitrogens with one attached hydrogen (secondary N) is 1. The summed E-state index contributed by atoms with van der Waals surface area (Å²) in [5.41, 5.74) is 3.03. The standard InChI is InChI=1S/C15H20N4O/c1-4-17-14-8-13(12-9-16-7-6-11(12)3)18-15(19-14)10-20-5-2/h6-9H,4-5,10H2,1-3H3,(H,17,18,19). The summed E-state index contributed by atoms with van der Waals surface area (Å²) in [6.07, 6.45) is 3.62. The second-order valence-electron chi connectivity index (χ2n) is 4.41. The van der Waals surface area contributed by atoms with E-state index < -0.39 is 0 Å². The predicted molar refractivity (Wildman–Crippen MR) is 79.5 cm³/mol. The molecule has 2 rings (SSSR count). The van der Waals surface area contributed by atoms with E-state index in [1.807, 2.05) is 39.1 Å². The third-order valence-electron chi connectivity index (χ3n) is 2.88. The molecular weight excluding hydrogens is 252 g/mol. The molecule has 0 spiro atoms. The molecule has 5 heteroatoms. The van der Waals surface area contributed by atoms with Gasteiger partial charge in [0.05, 0.1) is 5.69 Å². The van der Waals surface area contributed by atoms with Crippen LogP contribution >= 0.6 is 0 Å². The van der Waals surface area contributed by atoms with Gasteiger partial charge in [-0.15, -0.1) is 0 Å². The van der Waals surface area contributed by atoms with Gasteiger partial charge in [0.25, 0.3) is 0 Å². The Hall–Kier alpha value is -2.01. The van der Waals surface area contributed by atoms with Crippen LogP contribution in [0.2, 0.25) is 0 Å². The van der Waals surface area contributed by atoms with Crippen LogP contribution in [0.4, 0.5) is 5.82 Å². The number of hydrogen-bond donors (Lipinski definition) is 1. The van der Waals surface area contributed by atoms with Gasteiger partial charge in [0, 0.05) is 37.2 Å². The van der Waals surface area contributed by atoms with E-state index in [2.05, 4.69) is 20.3 Å². The maximum absolute atomic E-state index is 5.41. The first-order chi connectivity index (χ1) is 9.74. The molecule has 0 fully saturated rings. The molecule has 5 nitrogen and oxygen atoms in total. The molecule has 0 aliphatic rings. The molecule has 0 saturated carbocycles. The molecule has 0 radical (unpaired) electrons. The Bertz CT molecular complexity index is 572. The topological polar surface area (TPSA) is 59.9 Å². The number of aromatic nitrogens is 3. The van der Waals surface area contributed by atoms with Crippen molar-refractivity contribution in [1.82, 2.24) is 15.0 Å². The molecule has 2 aromatic heterocycles. The minimum Gasteiger partial charge on any atom is -0.374 e. The van der Waals surface area contributed by atoms with Crippen molar-refractivity contribution >= 4 is 5.82 Å². The Kier molecular flexibility index (Phi) is 5.01. The number of pyridine rings is 1. The summed E-state index contributed by atoms with van der Waals surface area (Å²) in [7, 11) is 0. The number of rotatable bonds is 6. The van der Waals surface area contributed by atoms with Gasteiger partial charge in [0.15, 0.2) is 5.82 Å². The molecule has 0 aliphatic carbocycles. The van der Waals surface area contributed by atoms with Crippen molar-refractivity contribution in [2.45, 2.75) is 27.4 Å². The molecule has 106 valence electrons. The van der Waals surface area contributed by atoms with Crippen molar-refractivity contribution < 1.29 is 4.74 Å². The molecule has 0 aromatic carbocycles. The number of nitrogens with zero attached hydrogens (tertiary/aromatic N) is 3. The molecule has 2 heterocycles. The van der Waals surface area contributed by atoms with E-state index in [9.17, 15) is 0 Å². The van der Waals surface area contributed by atoms with Crippen LogP contribution in [0.1, 0.15) is 25.2 Å². The van der Waals surface area contributed by atoms with Gasteiger partial charge in [0.1, 0.15) is 12.4 Å². The number of ether oxygens (including phenoxy) is 1. The van der Waals surface area contributed by atoms with E-state index in [1.165, 1.54) is 0 Å². The third kappa shape index (κ3) is 3.51. The van der Waals surface area contributed by atoms with Gasteiger partial charge in [-0.3, -0.25) is 4.98 Å². The Morgan fingerprint density at radius 2 is 2.10 bits per heavy atom. The number of anilines is 1. The fourth-order valence-corrected chi connectivity index (χ4v) is 1.90. The lowest BCUT2D eigenvalue weighted by Crippen LogP contribution is -2.06. The van der Waals surface area contributed by atoms with E-state index in [0.29, 0.717) is 19.0 Å². The zero-order chi connectivity index (χ0) is 14.4. The summed E-state index contributed by atoms with van der Waals surface area (Å²) in [6.45, 7) is 7.93. The zero-order valence-electron chi connectivity index (χ0n) is 12.2. The molecule has 2 aromatic rings. The predicted octanol–water partition coefficient (Wildman–Crippen LogP) is 2.82. The highest BCUT2D eigenvalue weighted by molar-refractivity contribution is 5.64. The van der Waals surface area contributed by atoms with Crippen molar-refractivity contribution in [2.75, 3.05) is 18.5 Å². The Morgan fingerprint density at radius 1 is 1.25 bits per heavy atom. The highest BCUT2D eigenvalue weighted by Gasteiger charge is 2.08. The highest BCUT2D eigenvalue weighted by atomic mass is 16.5. The van der Waals surface area contributed by atoms with Gasteiger partial charge < -0.3 is 10.1 Å². The van der Waals surface area contributed by atoms with Crippen LogP contribution in [0.3, 0.4) is 0 Å². The number of aryl methyl sites for hydroxylation is 1. The molecule has 0 amide bonds. The maximum atomic E-state index is 5.41. The van der Waals surface area contributed by atoms with E-state index in [-0.39, 0.29) is 0 Å². The van der Waals surface area contributed by atoms with Crippen molar-refractivity contribution in [1.29, 1.82) is 0 Å². The summed E-state index contributed by atoms with van der Waals surface area (Å²) in [4.78, 5) is 13.2. The third-order valence-corrected chi connectivity index (χ3v) is 2.88. The summed E-state index contributed by atoms with van der Waals surface area (Å²) in [6, 6.07) is 3.93. The van der Waals surface area contributed by atoms with Crippen molar-refractivity contribution in [3.05, 3.63) is 35.9 Å². The summed E-state index contributed by atoms with van der Waals surface area (Å²) < 4.78 is 5.41. The smallest absolute Gasteiger partial charge is 0.157 e. The first kappa shape index (κ1) is 14.4. The summed E-state index contributed by atoms with van der Waals surface area (Å²) >= 11 is 0. The average Bonchev–Trinajstić information content (AvgIpc) is 2.46. The Morgan fingerprint density at radius 3 is 2.80 bits per heavy atom. The van der Waals surface area contributed by atoms with Crippen molar-refractivity contribution in [3.8, 4) is 11.3 Å². The van der Waals surface area contributed by atoms with E-state index in [4.69, 9.17) is 4.74 Å². The van der Waals surface area contributed by atoms with Crippen molar-refractivity contribution in [3.63, 3.8) is 0 Å². The molecule has 0 bridgehead atoms. The van der Waals surface area contributed by atoms with E-state index in [1.54, 1.807) is 6.20 Å². The average molecular weight is 272 g/mol. The second kappa shape index (κ2) is 6.96. The van der Waals surface area contributed by atoms with Crippen LogP contribution in [-0.2, 0) is 11.3 Å². The quantitative estimate of drug-likeness (QED) is 0.876. The fourth-order valence-electron chi connectivity index (χ4n) is 1.90. The van der Waals surface area contributed by atoms with Gasteiger partial charge in [0.2, 0.25) is 0 Å². The van der Waals surface area contributed by atoms with E-state index in [0.717, 1.165) is 29.2 Å². The SMILES string of the molecule is CCNc1cc(-c2cnccc2C)nc(COCC)n1. The lowest BCUT2D eigenvalue weighted by molar-refractivity contribution is 0.128. The van der Waals surface area contributed by atoms with Crippen LogP contribution in [-0.4, -0.2) is 28.1 Å². The van der Waals surface area contributed by atoms with Crippen LogP contribution < -0.4 is 5.32 Å². The lowest BCUT2D eigenvalue weighted by Gasteiger charge is -2.10. The van der Waals surface area contributed by atoms with Gasteiger partial charge in [-0.2, -0.15) is 0 Å². The Labute approximate surface area is 119 Å². The largest absolute Gasteiger partial charge is 0.374 e. The molecule has 1 N–H and O–H groups in total. The normalized spacial score (nSPS) is 10.6. The van der Waals surface area contributed by atoms with Crippen LogP contribution in [0.5, 0.6) is 0 Å². The molecule has 0 saturated heterocycles. The maximum Gasteiger partial charge on any atom is 0.157 e. The van der Waals surface area contributed by atoms with Crippen LogP contribution in [0, 0.1) is 6.92 Å². The molecule has 0 aliphatic heterocycles. The van der Waals surface area contributed by atoms with Gasteiger partial charge in [-0.25, -0.2) is 9.97 Å². The van der Waals surface area contributed by atoms with E-state index >= 15 is 0 Å². The highest BCUT2D eigenvalue weighted by Crippen LogP contribution is 2.22. The minimum absolute atomic E-state index is 0.419. The number of hydrogen-bond acceptors (Lipinski definition) is 5. The monoisotopic (exact) mass is 272 g/mol. The van der Waals surface area contributed by atoms with Gasteiger partial charge in [-0.05, 0) is 32.4 Å². The van der Waals surface area contributed by atoms with Crippen molar-refractivity contribution in [2.24, 2.45) is 0 Å². The summed E-state index contributed by atoms with van der Waals surface area (Å²) in [5, 5.41) is 3.23. The van der Waals surface area contributed by atoms with Gasteiger partial charge in [-0.1, -0.05) is 0 Å². The Balaban J connectivity index is 2.40. The minimum atomic E-state index is 0.419. The molecule has 20 heavy (non-hydrogen) atoms.